The Labute approximate surface area is 112 Å². The lowest BCUT2D eigenvalue weighted by molar-refractivity contribution is 0.327. The van der Waals surface area contributed by atoms with Gasteiger partial charge in [-0.1, -0.05) is 42.1 Å². The fourth-order valence-electron chi connectivity index (χ4n) is 2.68. The maximum atomic E-state index is 6.01. The monoisotopic (exact) mass is 296 g/mol. The zero-order chi connectivity index (χ0) is 12.3. The fourth-order valence-corrected chi connectivity index (χ4v) is 3.06. The van der Waals surface area contributed by atoms with Gasteiger partial charge in [-0.15, -0.1) is 0 Å². The van der Waals surface area contributed by atoms with E-state index in [9.17, 15) is 0 Å². The van der Waals surface area contributed by atoms with Crippen molar-refractivity contribution in [3.05, 3.63) is 22.7 Å². The molecular formula is C14H21BrN2. The molecule has 94 valence electrons. The minimum atomic E-state index is 0.595. The van der Waals surface area contributed by atoms with E-state index in [0.29, 0.717) is 6.04 Å². The molecule has 1 aromatic carbocycles. The molecular weight excluding hydrogens is 276 g/mol. The second-order valence-electron chi connectivity index (χ2n) is 5.01. The van der Waals surface area contributed by atoms with Crippen LogP contribution in [0.15, 0.2) is 22.7 Å². The molecule has 0 bridgehead atoms. The summed E-state index contributed by atoms with van der Waals surface area (Å²) in [7, 11) is 0. The number of hydrogen-bond donors (Lipinski definition) is 2. The third-order valence-corrected chi connectivity index (χ3v) is 4.23. The summed E-state index contributed by atoms with van der Waals surface area (Å²) < 4.78 is 1.04. The smallest absolute Gasteiger partial charge is 0.0576 e. The quantitative estimate of drug-likeness (QED) is 0.811. The number of benzene rings is 1. The van der Waals surface area contributed by atoms with E-state index in [4.69, 9.17) is 5.73 Å². The Bertz CT molecular complexity index is 378. The largest absolute Gasteiger partial charge is 0.397 e. The average molecular weight is 297 g/mol. The van der Waals surface area contributed by atoms with E-state index in [-0.39, 0.29) is 0 Å². The van der Waals surface area contributed by atoms with Crippen molar-refractivity contribution in [1.29, 1.82) is 0 Å². The molecule has 1 aliphatic rings. The SMILES string of the molecule is CCC1CCCC(Nc2ccc(Br)cc2N)C1. The molecule has 1 fully saturated rings. The topological polar surface area (TPSA) is 38.0 Å². The van der Waals surface area contributed by atoms with Crippen LogP contribution in [0.3, 0.4) is 0 Å². The van der Waals surface area contributed by atoms with Crippen molar-refractivity contribution in [3.63, 3.8) is 0 Å². The highest BCUT2D eigenvalue weighted by molar-refractivity contribution is 9.10. The second-order valence-corrected chi connectivity index (χ2v) is 5.93. The molecule has 2 nitrogen and oxygen atoms in total. The first-order chi connectivity index (χ1) is 8.19. The van der Waals surface area contributed by atoms with Crippen LogP contribution in [0.4, 0.5) is 11.4 Å². The molecule has 0 aliphatic heterocycles. The number of nitrogens with one attached hydrogen (secondary N) is 1. The van der Waals surface area contributed by atoms with Gasteiger partial charge in [0.15, 0.2) is 0 Å². The van der Waals surface area contributed by atoms with Gasteiger partial charge in [-0.05, 0) is 37.0 Å². The van der Waals surface area contributed by atoms with Gasteiger partial charge in [0.05, 0.1) is 11.4 Å². The Morgan fingerprint density at radius 1 is 1.41 bits per heavy atom. The van der Waals surface area contributed by atoms with E-state index >= 15 is 0 Å². The minimum absolute atomic E-state index is 0.595. The van der Waals surface area contributed by atoms with Crippen LogP contribution in [0.5, 0.6) is 0 Å². The molecule has 0 amide bonds. The summed E-state index contributed by atoms with van der Waals surface area (Å²) in [5, 5.41) is 3.59. The Kier molecular flexibility index (Phi) is 4.32. The number of nitrogens with two attached hydrogens (primary N) is 1. The van der Waals surface area contributed by atoms with Crippen LogP contribution in [-0.4, -0.2) is 6.04 Å². The Morgan fingerprint density at radius 3 is 2.94 bits per heavy atom. The normalized spacial score (nSPS) is 24.6. The van der Waals surface area contributed by atoms with Crippen molar-refractivity contribution in [1.82, 2.24) is 0 Å². The highest BCUT2D eigenvalue weighted by Crippen LogP contribution is 2.31. The van der Waals surface area contributed by atoms with Crippen molar-refractivity contribution < 1.29 is 0 Å². The highest BCUT2D eigenvalue weighted by Gasteiger charge is 2.20. The molecule has 0 heterocycles. The molecule has 17 heavy (non-hydrogen) atoms. The van der Waals surface area contributed by atoms with Crippen LogP contribution in [-0.2, 0) is 0 Å². The molecule has 2 atom stereocenters. The molecule has 0 aromatic heterocycles. The van der Waals surface area contributed by atoms with E-state index in [2.05, 4.69) is 34.2 Å². The molecule has 2 rings (SSSR count). The average Bonchev–Trinajstić information content (AvgIpc) is 2.33. The third-order valence-electron chi connectivity index (χ3n) is 3.73. The van der Waals surface area contributed by atoms with Gasteiger partial charge >= 0.3 is 0 Å². The van der Waals surface area contributed by atoms with Crippen LogP contribution in [0, 0.1) is 5.92 Å². The Balaban J connectivity index is 2.00. The summed E-state index contributed by atoms with van der Waals surface area (Å²) in [6, 6.07) is 6.66. The van der Waals surface area contributed by atoms with E-state index in [1.165, 1.54) is 32.1 Å². The van der Waals surface area contributed by atoms with Crippen LogP contribution in [0.1, 0.15) is 39.0 Å². The van der Waals surface area contributed by atoms with Gasteiger partial charge in [0.25, 0.3) is 0 Å². The molecule has 0 radical (unpaired) electrons. The van der Waals surface area contributed by atoms with Crippen LogP contribution < -0.4 is 11.1 Å². The molecule has 1 saturated carbocycles. The summed E-state index contributed by atoms with van der Waals surface area (Å²) in [4.78, 5) is 0. The van der Waals surface area contributed by atoms with Crippen molar-refractivity contribution in [2.45, 2.75) is 45.1 Å². The first kappa shape index (κ1) is 12.7. The Morgan fingerprint density at radius 2 is 2.24 bits per heavy atom. The lowest BCUT2D eigenvalue weighted by Gasteiger charge is -2.30. The van der Waals surface area contributed by atoms with Crippen LogP contribution in [0.2, 0.25) is 0 Å². The van der Waals surface area contributed by atoms with Crippen molar-refractivity contribution in [3.8, 4) is 0 Å². The predicted octanol–water partition coefficient (Wildman–Crippen LogP) is 4.41. The zero-order valence-electron chi connectivity index (χ0n) is 10.4. The van der Waals surface area contributed by atoms with Crippen LogP contribution in [0.25, 0.3) is 0 Å². The molecule has 0 spiro atoms. The van der Waals surface area contributed by atoms with Gasteiger partial charge in [0.2, 0.25) is 0 Å². The van der Waals surface area contributed by atoms with E-state index in [0.717, 1.165) is 21.8 Å². The standard InChI is InChI=1S/C14H21BrN2/c1-2-10-4-3-5-12(8-10)17-14-7-6-11(15)9-13(14)16/h6-7,9-10,12,17H,2-5,8,16H2,1H3. The second kappa shape index (κ2) is 5.76. The van der Waals surface area contributed by atoms with Crippen LogP contribution >= 0.6 is 15.9 Å². The fraction of sp³-hybridized carbons (Fsp3) is 0.571. The number of nitrogen functional groups attached to an aromatic ring is 1. The molecule has 1 aliphatic carbocycles. The molecule has 0 saturated heterocycles. The zero-order valence-corrected chi connectivity index (χ0v) is 12.0. The summed E-state index contributed by atoms with van der Waals surface area (Å²) in [5.41, 5.74) is 7.92. The number of hydrogen-bond acceptors (Lipinski definition) is 2. The lowest BCUT2D eigenvalue weighted by atomic mass is 9.84. The summed E-state index contributed by atoms with van der Waals surface area (Å²) in [5.74, 6) is 0.887. The summed E-state index contributed by atoms with van der Waals surface area (Å²) in [6.07, 6.45) is 6.59. The molecule has 2 unspecified atom stereocenters. The first-order valence-corrected chi connectivity index (χ1v) is 7.30. The Hall–Kier alpha value is -0.700. The van der Waals surface area contributed by atoms with E-state index in [1.54, 1.807) is 0 Å². The van der Waals surface area contributed by atoms with Gasteiger partial charge in [-0.25, -0.2) is 0 Å². The third kappa shape index (κ3) is 3.38. The van der Waals surface area contributed by atoms with Crippen molar-refractivity contribution >= 4 is 27.3 Å². The van der Waals surface area contributed by atoms with E-state index in [1.807, 2.05) is 12.1 Å². The van der Waals surface area contributed by atoms with Gasteiger partial charge in [0, 0.05) is 10.5 Å². The first-order valence-electron chi connectivity index (χ1n) is 6.50. The summed E-state index contributed by atoms with van der Waals surface area (Å²) in [6.45, 7) is 2.29. The van der Waals surface area contributed by atoms with Gasteiger partial charge in [-0.2, -0.15) is 0 Å². The molecule has 3 heteroatoms. The maximum Gasteiger partial charge on any atom is 0.0576 e. The predicted molar refractivity (Wildman–Crippen MR) is 78.2 cm³/mol. The molecule has 1 aromatic rings. The van der Waals surface area contributed by atoms with Gasteiger partial charge in [-0.3, -0.25) is 0 Å². The maximum absolute atomic E-state index is 6.01. The highest BCUT2D eigenvalue weighted by atomic mass is 79.9. The number of halogens is 1. The number of anilines is 2. The van der Waals surface area contributed by atoms with Gasteiger partial charge < -0.3 is 11.1 Å². The number of rotatable bonds is 3. The lowest BCUT2D eigenvalue weighted by Crippen LogP contribution is -2.27. The molecule has 3 N–H and O–H groups in total. The van der Waals surface area contributed by atoms with Crippen molar-refractivity contribution in [2.24, 2.45) is 5.92 Å². The minimum Gasteiger partial charge on any atom is -0.397 e. The van der Waals surface area contributed by atoms with Gasteiger partial charge in [0.1, 0.15) is 0 Å². The van der Waals surface area contributed by atoms with Crippen molar-refractivity contribution in [2.75, 3.05) is 11.1 Å². The van der Waals surface area contributed by atoms with E-state index < -0.39 is 0 Å². The summed E-state index contributed by atoms with van der Waals surface area (Å²) >= 11 is 3.43.